The van der Waals surface area contributed by atoms with E-state index in [4.69, 9.17) is 4.74 Å². The van der Waals surface area contributed by atoms with Crippen molar-refractivity contribution < 1.29 is 27.1 Å². The molecule has 1 N–H and O–H groups in total. The third-order valence-electron chi connectivity index (χ3n) is 3.69. The van der Waals surface area contributed by atoms with Crippen molar-refractivity contribution in [1.82, 2.24) is 5.32 Å². The van der Waals surface area contributed by atoms with Crippen LogP contribution in [0.4, 0.5) is 4.39 Å². The van der Waals surface area contributed by atoms with Crippen molar-refractivity contribution in [3.8, 4) is 0 Å². The van der Waals surface area contributed by atoms with Gasteiger partial charge in [0, 0.05) is 0 Å². The van der Waals surface area contributed by atoms with Gasteiger partial charge >= 0.3 is 5.97 Å². The van der Waals surface area contributed by atoms with Crippen LogP contribution in [0, 0.1) is 12.7 Å². The summed E-state index contributed by atoms with van der Waals surface area (Å²) in [6.07, 6.45) is 0.318. The maximum Gasteiger partial charge on any atom is 0.338 e. The number of halogens is 1. The zero-order valence-corrected chi connectivity index (χ0v) is 13.7. The van der Waals surface area contributed by atoms with Gasteiger partial charge in [-0.05, 0) is 38.0 Å². The van der Waals surface area contributed by atoms with E-state index >= 15 is 0 Å². The number of aryl methyl sites for hydroxylation is 1. The van der Waals surface area contributed by atoms with Gasteiger partial charge in [-0.1, -0.05) is 6.07 Å². The summed E-state index contributed by atoms with van der Waals surface area (Å²) in [7, 11) is -3.15. The Labute approximate surface area is 133 Å². The highest BCUT2D eigenvalue weighted by Gasteiger charge is 2.39. The first-order chi connectivity index (χ1) is 10.6. The van der Waals surface area contributed by atoms with Crippen LogP contribution in [0.15, 0.2) is 18.2 Å². The van der Waals surface area contributed by atoms with Crippen LogP contribution in [0.1, 0.15) is 29.3 Å². The summed E-state index contributed by atoms with van der Waals surface area (Å²) in [4.78, 5) is 23.6. The molecule has 1 fully saturated rings. The van der Waals surface area contributed by atoms with Crippen molar-refractivity contribution in [3.05, 3.63) is 35.1 Å². The van der Waals surface area contributed by atoms with Crippen LogP contribution in [-0.2, 0) is 19.4 Å². The van der Waals surface area contributed by atoms with Crippen molar-refractivity contribution in [2.24, 2.45) is 0 Å². The molecule has 1 amide bonds. The molecule has 0 saturated carbocycles. The quantitative estimate of drug-likeness (QED) is 0.823. The fourth-order valence-electron chi connectivity index (χ4n) is 2.42. The monoisotopic (exact) mass is 343 g/mol. The number of hydrogen-bond acceptors (Lipinski definition) is 5. The normalized spacial score (nSPS) is 22.6. The molecule has 1 heterocycles. The topological polar surface area (TPSA) is 89.5 Å². The van der Waals surface area contributed by atoms with Gasteiger partial charge < -0.3 is 10.1 Å². The van der Waals surface area contributed by atoms with E-state index < -0.39 is 39.7 Å². The second-order valence-corrected chi connectivity index (χ2v) is 8.18. The molecule has 23 heavy (non-hydrogen) atoms. The predicted octanol–water partition coefficient (Wildman–Crippen LogP) is 0.984. The van der Waals surface area contributed by atoms with Crippen LogP contribution in [0.3, 0.4) is 0 Å². The number of carbonyl (C=O) groups excluding carboxylic acids is 2. The SMILES string of the molecule is Cc1ccc(C(=O)OCC(=O)N[C@@]2(C)CCS(=O)(=O)C2)cc1F. The lowest BCUT2D eigenvalue weighted by Crippen LogP contribution is -2.48. The molecule has 126 valence electrons. The van der Waals surface area contributed by atoms with Crippen molar-refractivity contribution in [2.75, 3.05) is 18.1 Å². The molecule has 0 unspecified atom stereocenters. The second kappa shape index (κ2) is 6.27. The van der Waals surface area contributed by atoms with E-state index in [9.17, 15) is 22.4 Å². The summed E-state index contributed by atoms with van der Waals surface area (Å²) >= 11 is 0. The molecule has 0 aliphatic carbocycles. The molecule has 1 aromatic carbocycles. The van der Waals surface area contributed by atoms with Crippen LogP contribution in [-0.4, -0.2) is 43.9 Å². The van der Waals surface area contributed by atoms with Crippen molar-refractivity contribution >= 4 is 21.7 Å². The second-order valence-electron chi connectivity index (χ2n) is 5.99. The lowest BCUT2D eigenvalue weighted by Gasteiger charge is -2.23. The number of hydrogen-bond donors (Lipinski definition) is 1. The minimum Gasteiger partial charge on any atom is -0.452 e. The third kappa shape index (κ3) is 4.51. The molecule has 1 aliphatic rings. The number of ether oxygens (including phenoxy) is 1. The number of nitrogens with one attached hydrogen (secondary N) is 1. The molecule has 6 nitrogen and oxygen atoms in total. The Morgan fingerprint density at radius 2 is 2.09 bits per heavy atom. The third-order valence-corrected chi connectivity index (χ3v) is 5.59. The average Bonchev–Trinajstić information content (AvgIpc) is 2.72. The fraction of sp³-hybridized carbons (Fsp3) is 0.467. The van der Waals surface area contributed by atoms with Crippen molar-refractivity contribution in [1.29, 1.82) is 0 Å². The van der Waals surface area contributed by atoms with Crippen molar-refractivity contribution in [2.45, 2.75) is 25.8 Å². The van der Waals surface area contributed by atoms with E-state index in [2.05, 4.69) is 5.32 Å². The molecule has 8 heteroatoms. The summed E-state index contributed by atoms with van der Waals surface area (Å²) in [6, 6.07) is 3.89. The maximum atomic E-state index is 13.4. The molecule has 0 bridgehead atoms. The molecule has 1 atom stereocenters. The summed E-state index contributed by atoms with van der Waals surface area (Å²) in [5.74, 6) is -2.06. The molecule has 1 aromatic rings. The molecular weight excluding hydrogens is 325 g/mol. The highest BCUT2D eigenvalue weighted by molar-refractivity contribution is 7.91. The molecule has 1 saturated heterocycles. The highest BCUT2D eigenvalue weighted by Crippen LogP contribution is 2.22. The number of esters is 1. The lowest BCUT2D eigenvalue weighted by atomic mass is 10.0. The first-order valence-electron chi connectivity index (χ1n) is 7.05. The average molecular weight is 343 g/mol. The predicted molar refractivity (Wildman–Crippen MR) is 81.2 cm³/mol. The van der Waals surface area contributed by atoms with Crippen molar-refractivity contribution in [3.63, 3.8) is 0 Å². The molecule has 0 aromatic heterocycles. The zero-order valence-electron chi connectivity index (χ0n) is 12.9. The summed E-state index contributed by atoms with van der Waals surface area (Å²) in [5.41, 5.74) is -0.441. The van der Waals surface area contributed by atoms with E-state index in [1.165, 1.54) is 12.1 Å². The van der Waals surface area contributed by atoms with Gasteiger partial charge in [-0.15, -0.1) is 0 Å². The van der Waals surface area contributed by atoms with Gasteiger partial charge in [0.15, 0.2) is 16.4 Å². The van der Waals surface area contributed by atoms with Crippen LogP contribution < -0.4 is 5.32 Å². The molecule has 0 radical (unpaired) electrons. The maximum absolute atomic E-state index is 13.4. The number of carbonyl (C=O) groups is 2. The number of benzene rings is 1. The number of sulfone groups is 1. The van der Waals surface area contributed by atoms with E-state index in [1.807, 2.05) is 0 Å². The Morgan fingerprint density at radius 1 is 1.39 bits per heavy atom. The minimum absolute atomic E-state index is 0.00977. The summed E-state index contributed by atoms with van der Waals surface area (Å²) in [5, 5.41) is 2.57. The molecule has 1 aliphatic heterocycles. The molecule has 2 rings (SSSR count). The van der Waals surface area contributed by atoms with Gasteiger partial charge in [-0.2, -0.15) is 0 Å². The molecular formula is C15H18FNO5S. The molecule has 0 spiro atoms. The Hall–Kier alpha value is -1.96. The van der Waals surface area contributed by atoms with E-state index in [0.29, 0.717) is 12.0 Å². The standard InChI is InChI=1S/C15H18FNO5S/c1-10-3-4-11(7-12(10)16)14(19)22-8-13(18)17-15(2)5-6-23(20,21)9-15/h3-4,7H,5-6,8-9H2,1-2H3,(H,17,18)/t15-/m0/s1. The highest BCUT2D eigenvalue weighted by atomic mass is 32.2. The van der Waals surface area contributed by atoms with Gasteiger partial charge in [0.25, 0.3) is 5.91 Å². The number of rotatable bonds is 4. The lowest BCUT2D eigenvalue weighted by molar-refractivity contribution is -0.125. The first kappa shape index (κ1) is 17.4. The smallest absolute Gasteiger partial charge is 0.338 e. The minimum atomic E-state index is -3.15. The van der Waals surface area contributed by atoms with Gasteiger partial charge in [-0.3, -0.25) is 4.79 Å². The largest absolute Gasteiger partial charge is 0.452 e. The Balaban J connectivity index is 1.89. The van der Waals surface area contributed by atoms with E-state index in [-0.39, 0.29) is 17.1 Å². The fourth-order valence-corrected chi connectivity index (χ4v) is 4.51. The summed E-state index contributed by atoms with van der Waals surface area (Å²) < 4.78 is 41.1. The van der Waals surface area contributed by atoms with E-state index in [1.54, 1.807) is 13.8 Å². The zero-order chi connectivity index (χ0) is 17.3. The van der Waals surface area contributed by atoms with Gasteiger partial charge in [-0.25, -0.2) is 17.6 Å². The Kier molecular flexibility index (Phi) is 4.74. The van der Waals surface area contributed by atoms with Crippen LogP contribution in [0.2, 0.25) is 0 Å². The first-order valence-corrected chi connectivity index (χ1v) is 8.87. The van der Waals surface area contributed by atoms with Crippen LogP contribution >= 0.6 is 0 Å². The Bertz CT molecular complexity index is 746. The van der Waals surface area contributed by atoms with Gasteiger partial charge in [0.05, 0.1) is 22.6 Å². The Morgan fingerprint density at radius 3 is 2.65 bits per heavy atom. The van der Waals surface area contributed by atoms with E-state index in [0.717, 1.165) is 6.07 Å². The van der Waals surface area contributed by atoms with Gasteiger partial charge in [0.2, 0.25) is 0 Å². The van der Waals surface area contributed by atoms with Gasteiger partial charge in [0.1, 0.15) is 5.82 Å². The van der Waals surface area contributed by atoms with Crippen LogP contribution in [0.5, 0.6) is 0 Å². The summed E-state index contributed by atoms with van der Waals surface area (Å²) in [6.45, 7) is 2.64. The number of amides is 1. The van der Waals surface area contributed by atoms with Crippen LogP contribution in [0.25, 0.3) is 0 Å².